The number of aliphatic hydroxyl groups is 1. The van der Waals surface area contributed by atoms with E-state index in [9.17, 15) is 0 Å². The fraction of sp³-hybridized carbons (Fsp3) is 0.571. The van der Waals surface area contributed by atoms with Gasteiger partial charge in [0.05, 0.1) is 11.6 Å². The summed E-state index contributed by atoms with van der Waals surface area (Å²) in [6, 6.07) is 4.54. The van der Waals surface area contributed by atoms with Crippen LogP contribution in [0, 0.1) is 0 Å². The monoisotopic (exact) mass is 283 g/mol. The number of rotatable bonds is 5. The molecule has 4 nitrogen and oxygen atoms in total. The minimum atomic E-state index is 0.189. The molecular weight excluding hydrogens is 266 g/mol. The van der Waals surface area contributed by atoms with Crippen LogP contribution in [-0.2, 0) is 6.54 Å². The Morgan fingerprint density at radius 3 is 2.79 bits per heavy atom. The largest absolute Gasteiger partial charge is 0.486 e. The summed E-state index contributed by atoms with van der Waals surface area (Å²) in [5, 5.41) is 9.73. The van der Waals surface area contributed by atoms with Crippen molar-refractivity contribution in [3.63, 3.8) is 0 Å². The minimum absolute atomic E-state index is 0.189. The van der Waals surface area contributed by atoms with Crippen molar-refractivity contribution >= 4 is 11.6 Å². The average molecular weight is 284 g/mol. The normalized spacial score (nSPS) is 17.8. The Bertz CT molecular complexity index is 462. The summed E-state index contributed by atoms with van der Waals surface area (Å²) in [6.45, 7) is 2.80. The number of benzene rings is 1. The lowest BCUT2D eigenvalue weighted by Gasteiger charge is -2.24. The number of ether oxygens (including phenoxy) is 2. The van der Waals surface area contributed by atoms with E-state index in [-0.39, 0.29) is 6.61 Å². The molecule has 1 aliphatic carbocycles. The van der Waals surface area contributed by atoms with Crippen molar-refractivity contribution in [3.8, 4) is 11.5 Å². The second kappa shape index (κ2) is 5.57. The van der Waals surface area contributed by atoms with E-state index in [1.165, 1.54) is 12.8 Å². The Morgan fingerprint density at radius 2 is 2.05 bits per heavy atom. The maximum Gasteiger partial charge on any atom is 0.179 e. The molecule has 1 aromatic rings. The summed E-state index contributed by atoms with van der Waals surface area (Å²) in [6.07, 6.45) is 2.44. The molecular formula is C14H18ClNO3. The lowest BCUT2D eigenvalue weighted by atomic mass is 10.1. The van der Waals surface area contributed by atoms with E-state index in [1.807, 2.05) is 12.1 Å². The molecule has 0 atom stereocenters. The Kier molecular flexibility index (Phi) is 3.82. The van der Waals surface area contributed by atoms with Crippen LogP contribution in [0.4, 0.5) is 0 Å². The fourth-order valence-corrected chi connectivity index (χ4v) is 2.74. The number of hydrogen-bond donors (Lipinski definition) is 1. The van der Waals surface area contributed by atoms with Crippen molar-refractivity contribution in [2.24, 2.45) is 0 Å². The van der Waals surface area contributed by atoms with Crippen molar-refractivity contribution in [2.45, 2.75) is 25.4 Å². The summed E-state index contributed by atoms with van der Waals surface area (Å²) in [5.74, 6) is 1.38. The third-order valence-corrected chi connectivity index (χ3v) is 3.77. The SMILES string of the molecule is OCCN(Cc1cc(Cl)c2c(c1)OCCO2)C1CC1. The van der Waals surface area contributed by atoms with Gasteiger partial charge in [-0.3, -0.25) is 4.90 Å². The highest BCUT2D eigenvalue weighted by Crippen LogP contribution is 2.39. The number of aliphatic hydroxyl groups excluding tert-OH is 1. The van der Waals surface area contributed by atoms with Gasteiger partial charge in [0.1, 0.15) is 13.2 Å². The molecule has 3 rings (SSSR count). The summed E-state index contributed by atoms with van der Waals surface area (Å²) >= 11 is 6.23. The molecule has 1 fully saturated rings. The van der Waals surface area contributed by atoms with Crippen molar-refractivity contribution in [3.05, 3.63) is 22.7 Å². The van der Waals surface area contributed by atoms with Gasteiger partial charge in [-0.15, -0.1) is 0 Å². The standard InChI is InChI=1S/C14H18ClNO3/c15-12-7-10(8-13-14(12)19-6-5-18-13)9-16(3-4-17)11-1-2-11/h7-8,11,17H,1-6,9H2. The van der Waals surface area contributed by atoms with E-state index in [4.69, 9.17) is 26.2 Å². The van der Waals surface area contributed by atoms with Gasteiger partial charge in [0.15, 0.2) is 11.5 Å². The second-order valence-corrected chi connectivity index (χ2v) is 5.43. The van der Waals surface area contributed by atoms with Crippen molar-refractivity contribution in [1.29, 1.82) is 0 Å². The van der Waals surface area contributed by atoms with Crippen molar-refractivity contribution in [2.75, 3.05) is 26.4 Å². The number of nitrogens with zero attached hydrogens (tertiary/aromatic N) is 1. The maximum atomic E-state index is 9.13. The average Bonchev–Trinajstić information content (AvgIpc) is 3.23. The molecule has 0 unspecified atom stereocenters. The molecule has 0 bridgehead atoms. The molecule has 1 aromatic carbocycles. The van der Waals surface area contributed by atoms with Gasteiger partial charge < -0.3 is 14.6 Å². The molecule has 0 saturated heterocycles. The molecule has 0 spiro atoms. The van der Waals surface area contributed by atoms with Crippen LogP contribution in [0.2, 0.25) is 5.02 Å². The van der Waals surface area contributed by atoms with Crippen LogP contribution in [0.25, 0.3) is 0 Å². The first-order chi connectivity index (χ1) is 9.28. The first-order valence-electron chi connectivity index (χ1n) is 6.71. The molecule has 0 radical (unpaired) electrons. The maximum absolute atomic E-state index is 9.13. The van der Waals surface area contributed by atoms with Gasteiger partial charge in [0.25, 0.3) is 0 Å². The number of halogens is 1. The van der Waals surface area contributed by atoms with Gasteiger partial charge in [-0.05, 0) is 30.5 Å². The van der Waals surface area contributed by atoms with E-state index < -0.39 is 0 Å². The topological polar surface area (TPSA) is 41.9 Å². The van der Waals surface area contributed by atoms with E-state index in [0.29, 0.717) is 36.6 Å². The summed E-state index contributed by atoms with van der Waals surface area (Å²) in [5.41, 5.74) is 1.11. The van der Waals surface area contributed by atoms with Crippen LogP contribution in [-0.4, -0.2) is 42.4 Å². The predicted octanol–water partition coefficient (Wildman–Crippen LogP) is 2.07. The number of hydrogen-bond acceptors (Lipinski definition) is 4. The van der Waals surface area contributed by atoms with Crippen LogP contribution in [0.5, 0.6) is 11.5 Å². The van der Waals surface area contributed by atoms with Crippen LogP contribution in [0.3, 0.4) is 0 Å². The summed E-state index contributed by atoms with van der Waals surface area (Å²) in [4.78, 5) is 2.29. The zero-order valence-electron chi connectivity index (χ0n) is 10.8. The zero-order valence-corrected chi connectivity index (χ0v) is 11.5. The lowest BCUT2D eigenvalue weighted by molar-refractivity contribution is 0.169. The van der Waals surface area contributed by atoms with E-state index in [2.05, 4.69) is 4.90 Å². The van der Waals surface area contributed by atoms with Crippen LogP contribution < -0.4 is 9.47 Å². The minimum Gasteiger partial charge on any atom is -0.486 e. The molecule has 1 aliphatic heterocycles. The quantitative estimate of drug-likeness (QED) is 0.898. The fourth-order valence-electron chi connectivity index (χ4n) is 2.45. The highest BCUT2D eigenvalue weighted by atomic mass is 35.5. The van der Waals surface area contributed by atoms with Crippen molar-refractivity contribution < 1.29 is 14.6 Å². The summed E-state index contributed by atoms with van der Waals surface area (Å²) in [7, 11) is 0. The third-order valence-electron chi connectivity index (χ3n) is 3.49. The summed E-state index contributed by atoms with van der Waals surface area (Å²) < 4.78 is 11.1. The lowest BCUT2D eigenvalue weighted by Crippen LogP contribution is -2.28. The molecule has 19 heavy (non-hydrogen) atoms. The van der Waals surface area contributed by atoms with Gasteiger partial charge in [0, 0.05) is 19.1 Å². The van der Waals surface area contributed by atoms with Crippen LogP contribution in [0.15, 0.2) is 12.1 Å². The molecule has 0 amide bonds. The van der Waals surface area contributed by atoms with Gasteiger partial charge in [0.2, 0.25) is 0 Å². The smallest absolute Gasteiger partial charge is 0.179 e. The Hall–Kier alpha value is -0.970. The second-order valence-electron chi connectivity index (χ2n) is 5.03. The predicted molar refractivity (Wildman–Crippen MR) is 73.0 cm³/mol. The molecule has 5 heteroatoms. The van der Waals surface area contributed by atoms with Gasteiger partial charge in [-0.2, -0.15) is 0 Å². The molecule has 2 aliphatic rings. The third kappa shape index (κ3) is 2.96. The highest BCUT2D eigenvalue weighted by Gasteiger charge is 2.29. The number of fused-ring (bicyclic) bond motifs is 1. The Morgan fingerprint density at radius 1 is 1.26 bits per heavy atom. The highest BCUT2D eigenvalue weighted by molar-refractivity contribution is 6.32. The van der Waals surface area contributed by atoms with Gasteiger partial charge in [-0.25, -0.2) is 0 Å². The van der Waals surface area contributed by atoms with E-state index >= 15 is 0 Å². The van der Waals surface area contributed by atoms with E-state index in [0.717, 1.165) is 17.9 Å². The molecule has 104 valence electrons. The first kappa shape index (κ1) is 13.0. The van der Waals surface area contributed by atoms with Gasteiger partial charge >= 0.3 is 0 Å². The van der Waals surface area contributed by atoms with Crippen molar-refractivity contribution in [1.82, 2.24) is 4.90 Å². The zero-order chi connectivity index (χ0) is 13.2. The molecule has 1 N–H and O–H groups in total. The Labute approximate surface area is 117 Å². The first-order valence-corrected chi connectivity index (χ1v) is 7.08. The van der Waals surface area contributed by atoms with Crippen LogP contribution in [0.1, 0.15) is 18.4 Å². The van der Waals surface area contributed by atoms with Gasteiger partial charge in [-0.1, -0.05) is 11.6 Å². The molecule has 0 aromatic heterocycles. The Balaban J connectivity index is 1.78. The van der Waals surface area contributed by atoms with E-state index in [1.54, 1.807) is 0 Å². The molecule has 1 heterocycles. The molecule has 1 saturated carbocycles. The van der Waals surface area contributed by atoms with Crippen LogP contribution >= 0.6 is 11.6 Å².